The fourth-order valence-electron chi connectivity index (χ4n) is 0.884. The molecule has 0 bridgehead atoms. The SMILES string of the molecule is C=C(/C=C\C(=C)C(=C)C=C(C)C)CC. The van der Waals surface area contributed by atoms with E-state index in [1.54, 1.807) is 0 Å². The molecule has 76 valence electrons. The van der Waals surface area contributed by atoms with Crippen LogP contribution < -0.4 is 0 Å². The van der Waals surface area contributed by atoms with Crippen LogP contribution in [0.1, 0.15) is 27.2 Å². The van der Waals surface area contributed by atoms with Crippen LogP contribution in [0.15, 0.2) is 60.3 Å². The summed E-state index contributed by atoms with van der Waals surface area (Å²) in [5.74, 6) is 0. The van der Waals surface area contributed by atoms with Crippen molar-refractivity contribution in [3.8, 4) is 0 Å². The molecule has 0 heterocycles. The van der Waals surface area contributed by atoms with Crippen molar-refractivity contribution in [2.24, 2.45) is 0 Å². The minimum atomic E-state index is 0.945. The summed E-state index contributed by atoms with van der Waals surface area (Å²) in [5.41, 5.74) is 4.25. The number of hydrogen-bond donors (Lipinski definition) is 0. The van der Waals surface area contributed by atoms with E-state index in [1.807, 2.05) is 32.1 Å². The Morgan fingerprint density at radius 3 is 2.00 bits per heavy atom. The first kappa shape index (κ1) is 12.7. The van der Waals surface area contributed by atoms with Gasteiger partial charge in [-0.2, -0.15) is 0 Å². The quantitative estimate of drug-likeness (QED) is 0.554. The molecule has 0 aliphatic rings. The summed E-state index contributed by atoms with van der Waals surface area (Å²) in [6, 6.07) is 0. The van der Waals surface area contributed by atoms with Gasteiger partial charge >= 0.3 is 0 Å². The van der Waals surface area contributed by atoms with E-state index in [9.17, 15) is 0 Å². The van der Waals surface area contributed by atoms with Crippen LogP contribution in [-0.2, 0) is 0 Å². The van der Waals surface area contributed by atoms with Crippen LogP contribution in [0.25, 0.3) is 0 Å². The van der Waals surface area contributed by atoms with E-state index in [0.717, 1.165) is 23.1 Å². The van der Waals surface area contributed by atoms with Crippen molar-refractivity contribution >= 4 is 0 Å². The van der Waals surface area contributed by atoms with Gasteiger partial charge < -0.3 is 0 Å². The van der Waals surface area contributed by atoms with Gasteiger partial charge in [0.05, 0.1) is 0 Å². The lowest BCUT2D eigenvalue weighted by Gasteiger charge is -2.00. The van der Waals surface area contributed by atoms with Gasteiger partial charge in [-0.1, -0.05) is 56.0 Å². The molecule has 0 heteroatoms. The molecule has 0 unspecified atom stereocenters. The van der Waals surface area contributed by atoms with E-state index >= 15 is 0 Å². The molecule has 0 fully saturated rings. The predicted molar refractivity (Wildman–Crippen MR) is 66.3 cm³/mol. The largest absolute Gasteiger partial charge is 0.0958 e. The number of allylic oxidation sites excluding steroid dienone is 7. The second-order valence-corrected chi connectivity index (χ2v) is 3.62. The van der Waals surface area contributed by atoms with Gasteiger partial charge in [-0.05, 0) is 31.4 Å². The minimum absolute atomic E-state index is 0.945. The van der Waals surface area contributed by atoms with Gasteiger partial charge in [0.25, 0.3) is 0 Å². The molecule has 0 radical (unpaired) electrons. The summed E-state index contributed by atoms with van der Waals surface area (Å²) in [4.78, 5) is 0. The topological polar surface area (TPSA) is 0 Å². The van der Waals surface area contributed by atoms with Crippen molar-refractivity contribution in [1.82, 2.24) is 0 Å². The highest BCUT2D eigenvalue weighted by atomic mass is 14.0. The third-order valence-electron chi connectivity index (χ3n) is 1.85. The molecule has 0 aliphatic heterocycles. The van der Waals surface area contributed by atoms with Crippen LogP contribution in [0, 0.1) is 0 Å². The third kappa shape index (κ3) is 5.36. The van der Waals surface area contributed by atoms with E-state index in [-0.39, 0.29) is 0 Å². The van der Waals surface area contributed by atoms with E-state index in [4.69, 9.17) is 0 Å². The highest BCUT2D eigenvalue weighted by Crippen LogP contribution is 2.12. The van der Waals surface area contributed by atoms with Gasteiger partial charge in [0.2, 0.25) is 0 Å². The summed E-state index contributed by atoms with van der Waals surface area (Å²) >= 11 is 0. The van der Waals surface area contributed by atoms with Gasteiger partial charge in [0, 0.05) is 0 Å². The molecule has 0 saturated carbocycles. The highest BCUT2D eigenvalue weighted by molar-refractivity contribution is 5.44. The fraction of sp³-hybridized carbons (Fsp3) is 0.286. The lowest BCUT2D eigenvalue weighted by atomic mass is 10.1. The first-order valence-electron chi connectivity index (χ1n) is 4.86. The normalized spacial score (nSPS) is 9.93. The Balaban J connectivity index is 4.37. The summed E-state index contributed by atoms with van der Waals surface area (Å²) in [6.45, 7) is 18.0. The zero-order chi connectivity index (χ0) is 11.1. The molecule has 0 amide bonds. The summed E-state index contributed by atoms with van der Waals surface area (Å²) in [7, 11) is 0. The molecule has 0 aromatic carbocycles. The zero-order valence-corrected chi connectivity index (χ0v) is 9.56. The molecular weight excluding hydrogens is 168 g/mol. The van der Waals surface area contributed by atoms with E-state index in [1.165, 1.54) is 5.57 Å². The maximum Gasteiger partial charge on any atom is -0.0262 e. The first-order chi connectivity index (χ1) is 6.47. The van der Waals surface area contributed by atoms with E-state index in [0.29, 0.717) is 0 Å². The average Bonchev–Trinajstić information content (AvgIpc) is 2.12. The van der Waals surface area contributed by atoms with E-state index < -0.39 is 0 Å². The monoisotopic (exact) mass is 188 g/mol. The van der Waals surface area contributed by atoms with E-state index in [2.05, 4.69) is 26.7 Å². The van der Waals surface area contributed by atoms with Crippen LogP contribution in [0.3, 0.4) is 0 Å². The van der Waals surface area contributed by atoms with Crippen molar-refractivity contribution in [1.29, 1.82) is 0 Å². The summed E-state index contributed by atoms with van der Waals surface area (Å²) < 4.78 is 0. The molecule has 0 N–H and O–H groups in total. The fourth-order valence-corrected chi connectivity index (χ4v) is 0.884. The van der Waals surface area contributed by atoms with Gasteiger partial charge in [0.1, 0.15) is 0 Å². The molecular formula is C14H20. The molecule has 0 nitrogen and oxygen atoms in total. The smallest absolute Gasteiger partial charge is 0.0262 e. The van der Waals surface area contributed by atoms with Crippen molar-refractivity contribution in [2.75, 3.05) is 0 Å². The molecule has 14 heavy (non-hydrogen) atoms. The maximum atomic E-state index is 3.94. The molecule has 0 atom stereocenters. The lowest BCUT2D eigenvalue weighted by Crippen LogP contribution is -1.80. The van der Waals surface area contributed by atoms with Crippen LogP contribution in [0.5, 0.6) is 0 Å². The standard InChI is InChI=1S/C14H20/c1-7-12(4)8-9-13(5)14(6)10-11(2)3/h8-10H,4-7H2,1-3H3/b9-8-. The Hall–Kier alpha value is -1.30. The Labute approximate surface area is 88.0 Å². The first-order valence-corrected chi connectivity index (χ1v) is 4.86. The maximum absolute atomic E-state index is 3.94. The van der Waals surface area contributed by atoms with Crippen LogP contribution in [0.2, 0.25) is 0 Å². The second-order valence-electron chi connectivity index (χ2n) is 3.62. The van der Waals surface area contributed by atoms with Crippen molar-refractivity contribution in [3.05, 3.63) is 60.3 Å². The second kappa shape index (κ2) is 6.20. The summed E-state index contributed by atoms with van der Waals surface area (Å²) in [5, 5.41) is 0. The predicted octanol–water partition coefficient (Wildman–Crippen LogP) is 4.59. The molecule has 0 aromatic rings. The van der Waals surface area contributed by atoms with Crippen LogP contribution >= 0.6 is 0 Å². The van der Waals surface area contributed by atoms with Gasteiger partial charge in [-0.15, -0.1) is 0 Å². The summed E-state index contributed by atoms with van der Waals surface area (Å²) in [6.07, 6.45) is 6.96. The third-order valence-corrected chi connectivity index (χ3v) is 1.85. The van der Waals surface area contributed by atoms with Crippen LogP contribution in [0.4, 0.5) is 0 Å². The van der Waals surface area contributed by atoms with Gasteiger partial charge in [-0.25, -0.2) is 0 Å². The molecule has 0 aromatic heterocycles. The number of hydrogen-bond acceptors (Lipinski definition) is 0. The Morgan fingerprint density at radius 1 is 1.00 bits per heavy atom. The van der Waals surface area contributed by atoms with Crippen LogP contribution in [-0.4, -0.2) is 0 Å². The Bertz CT molecular complexity index is 294. The zero-order valence-electron chi connectivity index (χ0n) is 9.56. The minimum Gasteiger partial charge on any atom is -0.0958 e. The van der Waals surface area contributed by atoms with Crippen molar-refractivity contribution < 1.29 is 0 Å². The average molecular weight is 188 g/mol. The van der Waals surface area contributed by atoms with Gasteiger partial charge in [-0.3, -0.25) is 0 Å². The molecule has 0 rings (SSSR count). The van der Waals surface area contributed by atoms with Crippen molar-refractivity contribution in [3.63, 3.8) is 0 Å². The molecule has 0 spiro atoms. The van der Waals surface area contributed by atoms with Crippen molar-refractivity contribution in [2.45, 2.75) is 27.2 Å². The highest BCUT2D eigenvalue weighted by Gasteiger charge is 1.92. The molecule has 0 aliphatic carbocycles. The molecule has 0 saturated heterocycles. The van der Waals surface area contributed by atoms with Gasteiger partial charge in [0.15, 0.2) is 0 Å². The number of rotatable bonds is 5. The Morgan fingerprint density at radius 2 is 1.57 bits per heavy atom. The Kier molecular flexibility index (Phi) is 5.62. The lowest BCUT2D eigenvalue weighted by molar-refractivity contribution is 1.16.